The molecule has 832 valence electrons. The number of aliphatic imine (C=N–C) groups is 2. The fourth-order valence-corrected chi connectivity index (χ4v) is 7.10. The summed E-state index contributed by atoms with van der Waals surface area (Å²) in [6.45, 7) is 75.1. The first-order valence-corrected chi connectivity index (χ1v) is 57.6. The van der Waals surface area contributed by atoms with Crippen LogP contribution in [0.1, 0.15) is 333 Å². The number of nitrogens with zero attached hydrogens (tertiary/aromatic N) is 7. The first kappa shape index (κ1) is 166. The van der Waals surface area contributed by atoms with E-state index in [4.69, 9.17) is 34.4 Å². The Morgan fingerprint density at radius 3 is 1.13 bits per heavy atom. The fraction of sp³-hybridized carbons (Fsp3) is 0.777. The molecule has 0 saturated carbocycles. The predicted molar refractivity (Wildman–Crippen MR) is 574 cm³/mol. The first-order valence-electron chi connectivity index (χ1n) is 43.8. The Bertz CT molecular complexity index is 4910. The van der Waals surface area contributed by atoms with E-state index in [1.54, 1.807) is 151 Å². The molecule has 5 rings (SSSR count). The van der Waals surface area contributed by atoms with E-state index in [-0.39, 0.29) is 169 Å². The van der Waals surface area contributed by atoms with Crippen LogP contribution in [0.2, 0.25) is 0 Å². The van der Waals surface area contributed by atoms with E-state index in [1.807, 2.05) is 118 Å². The normalized spacial score (nSPS) is 12.1. The van der Waals surface area contributed by atoms with Gasteiger partial charge in [0.2, 0.25) is 33.2 Å². The Morgan fingerprint density at radius 2 is 0.993 bits per heavy atom. The van der Waals surface area contributed by atoms with Crippen molar-refractivity contribution in [3.8, 4) is 11.8 Å². The molecule has 7 N–H and O–H groups in total. The molecular formula is C94H192N10O29P2S5. The van der Waals surface area contributed by atoms with E-state index in [0.29, 0.717) is 23.3 Å². The second-order valence-electron chi connectivity index (χ2n) is 38.5. The number of amides is 2. The Hall–Kier alpha value is -7.30. The van der Waals surface area contributed by atoms with Crippen LogP contribution < -0.4 is 26.1 Å². The Morgan fingerprint density at radius 1 is 0.607 bits per heavy atom. The summed E-state index contributed by atoms with van der Waals surface area (Å²) >= 11 is 0. The van der Waals surface area contributed by atoms with Gasteiger partial charge in [-0.3, -0.25) is 62.1 Å². The zero-order valence-electron chi connectivity index (χ0n) is 90.5. The fourth-order valence-electron chi connectivity index (χ4n) is 4.96. The quantitative estimate of drug-likeness (QED) is 0.0284. The molecule has 0 aliphatic carbocycles. The van der Waals surface area contributed by atoms with Crippen LogP contribution >= 0.6 is 14.5 Å². The maximum atomic E-state index is 11.3. The molecule has 140 heavy (non-hydrogen) atoms. The summed E-state index contributed by atoms with van der Waals surface area (Å²) in [5, 5.41) is 40.1. The van der Waals surface area contributed by atoms with E-state index >= 15 is 0 Å². The average molecular weight is 2150 g/mol. The molecule has 0 fully saturated rings. The van der Waals surface area contributed by atoms with E-state index in [9.17, 15) is 94.4 Å². The Labute approximate surface area is 845 Å². The molecular weight excluding hydrogens is 1960 g/mol. The topological polar surface area (TPSA) is 618 Å². The molecule has 0 radical (unpaired) electrons. The van der Waals surface area contributed by atoms with Crippen LogP contribution in [0.5, 0.6) is 5.75 Å². The molecule has 39 nitrogen and oxygen atoms in total. The molecule has 1 aromatic carbocycles. The first-order chi connectivity index (χ1) is 60.4. The second kappa shape index (κ2) is 80.0. The molecule has 2 amide bonds. The number of hydrogen-bond acceptors (Lipinski definition) is 34. The number of ketones is 4. The third kappa shape index (κ3) is 98.1. The van der Waals surface area contributed by atoms with E-state index < -0.39 is 98.1 Å². The lowest BCUT2D eigenvalue weighted by Gasteiger charge is -2.15. The van der Waals surface area contributed by atoms with E-state index in [1.165, 1.54) is 52.8 Å². The van der Waals surface area contributed by atoms with Crippen molar-refractivity contribution in [3.05, 3.63) is 78.3 Å². The molecule has 2 unspecified atom stereocenters. The number of carbonyl (C=O) groups is 6. The number of nitrogens with one attached hydrogen (secondary N) is 3. The third-order valence-corrected chi connectivity index (χ3v) is 29.0. The van der Waals surface area contributed by atoms with Crippen LogP contribution in [0.3, 0.4) is 0 Å². The minimum Gasteiger partial charge on any atom is -0.504 e. The van der Waals surface area contributed by atoms with Crippen LogP contribution in [-0.4, -0.2) is 247 Å². The van der Waals surface area contributed by atoms with Crippen LogP contribution in [-0.2, 0) is 104 Å². The molecule has 46 heteroatoms. The SMILES string of the molecule is C.C.C.C.CC(=O)C(C)C.CC(C)(C)C(=O)NS(C)(=O)=O.CC(C)(C)C1=NCC=N1.CC(C)(C)c1noc(=O)[nH]1.CC(C)C(=O)CC#N.CC(C)C(=O)CO.CC(C)C(=O)NS(=O)(=O)N(C)C.CC(C)C(C)O.CC(C)P(C)(=O)O.CC(C)P(C)(C)=O.CC(C)S(=O)(=O)Cc1ncco1.CC(C)S(C)(=O)=O.CC(C)S(C)(=O)=O.CC(C)c1c(O)c(=O)c1=O.COCC(=O)C(C)C.Cc1cc(C(C)C)on1. The number of ether oxygens (including phenoxy) is 1. The van der Waals surface area contributed by atoms with Gasteiger partial charge in [-0.25, -0.2) is 53.2 Å². The minimum atomic E-state index is -3.61. The van der Waals surface area contributed by atoms with Gasteiger partial charge in [0.1, 0.15) is 68.1 Å². The smallest absolute Gasteiger partial charge is 0.438 e. The molecule has 2 atom stereocenters. The monoisotopic (exact) mass is 2150 g/mol. The number of H-pyrrole nitrogens is 1. The highest BCUT2D eigenvalue weighted by Crippen LogP contribution is 2.41. The summed E-state index contributed by atoms with van der Waals surface area (Å²) in [6, 6.07) is 3.76. The lowest BCUT2D eigenvalue weighted by Crippen LogP contribution is -2.41. The summed E-state index contributed by atoms with van der Waals surface area (Å²) < 4.78 is 152. The van der Waals surface area contributed by atoms with Crippen molar-refractivity contribution in [2.45, 2.75) is 355 Å². The van der Waals surface area contributed by atoms with E-state index in [2.05, 4.69) is 74.1 Å². The van der Waals surface area contributed by atoms with Gasteiger partial charge in [-0.05, 0) is 87.5 Å². The summed E-state index contributed by atoms with van der Waals surface area (Å²) in [6.07, 6.45) is 7.98. The number of sulfone groups is 3. The highest BCUT2D eigenvalue weighted by molar-refractivity contribution is 7.91. The number of nitriles is 1. The molecule has 4 aromatic rings. The van der Waals surface area contributed by atoms with Crippen LogP contribution in [0.25, 0.3) is 0 Å². The molecule has 1 aliphatic rings. The van der Waals surface area contributed by atoms with Gasteiger partial charge in [0.25, 0.3) is 5.43 Å². The van der Waals surface area contributed by atoms with Gasteiger partial charge in [0, 0.05) is 116 Å². The predicted octanol–water partition coefficient (Wildman–Crippen LogP) is 16.2. The number of amidine groups is 1. The van der Waals surface area contributed by atoms with Crippen molar-refractivity contribution in [1.29, 1.82) is 5.26 Å². The maximum absolute atomic E-state index is 11.3. The zero-order valence-corrected chi connectivity index (χ0v) is 96.4. The van der Waals surface area contributed by atoms with Crippen LogP contribution in [0, 0.1) is 64.6 Å². The molecule has 0 spiro atoms. The van der Waals surface area contributed by atoms with Gasteiger partial charge >= 0.3 is 16.0 Å². The zero-order chi connectivity index (χ0) is 111. The van der Waals surface area contributed by atoms with Gasteiger partial charge < -0.3 is 38.5 Å². The number of aliphatic hydroxyl groups is 2. The number of aliphatic hydroxyl groups excluding tert-OH is 2. The summed E-state index contributed by atoms with van der Waals surface area (Å²) in [5.74, 6) is 1.96. The van der Waals surface area contributed by atoms with Crippen molar-refractivity contribution in [3.63, 3.8) is 0 Å². The number of aromatic amines is 1. The average Bonchev–Trinajstić information content (AvgIpc) is 0.993. The Balaban J connectivity index is -0.0000000918. The van der Waals surface area contributed by atoms with Crippen molar-refractivity contribution >= 4 is 111 Å². The Kier molecular flexibility index (Phi) is 94.9. The van der Waals surface area contributed by atoms with Gasteiger partial charge in [-0.15, -0.1) is 0 Å². The van der Waals surface area contributed by atoms with Gasteiger partial charge in [0.05, 0.1) is 71.7 Å². The molecule has 0 saturated heterocycles. The minimum absolute atomic E-state index is 0. The van der Waals surface area contributed by atoms with Crippen LogP contribution in [0.15, 0.2) is 56.4 Å². The maximum Gasteiger partial charge on any atom is 0.438 e. The van der Waals surface area contributed by atoms with Crippen LogP contribution in [0.4, 0.5) is 0 Å². The summed E-state index contributed by atoms with van der Waals surface area (Å²) in [4.78, 5) is 118. The van der Waals surface area contributed by atoms with Gasteiger partial charge in [-0.1, -0.05) is 241 Å². The molecule has 1 aliphatic heterocycles. The summed E-state index contributed by atoms with van der Waals surface area (Å²) in [7, 11) is -15.8. The third-order valence-electron chi connectivity index (χ3n) is 17.1. The van der Waals surface area contributed by atoms with Crippen molar-refractivity contribution in [1.82, 2.24) is 34.0 Å². The van der Waals surface area contributed by atoms with Crippen molar-refractivity contribution in [2.24, 2.45) is 56.3 Å². The number of rotatable bonds is 22. The molecule has 4 heterocycles. The highest BCUT2D eigenvalue weighted by Gasteiger charge is 2.26. The van der Waals surface area contributed by atoms with Gasteiger partial charge in [0.15, 0.2) is 40.3 Å². The number of oxazole rings is 1. The second-order valence-corrected chi connectivity index (χ2v) is 56.7. The molecule has 3 aromatic heterocycles. The van der Waals surface area contributed by atoms with Gasteiger partial charge in [-0.2, -0.15) is 18.0 Å². The van der Waals surface area contributed by atoms with Crippen molar-refractivity contribution < 1.29 is 118 Å². The molecule has 0 bridgehead atoms. The number of hydrogen-bond donors (Lipinski definition) is 7. The lowest BCUT2D eigenvalue weighted by molar-refractivity contribution is -0.127. The highest BCUT2D eigenvalue weighted by atomic mass is 32.2. The largest absolute Gasteiger partial charge is 0.504 e. The standard InChI is InChI=1S/C7H12N2.C7H11NO3S.C7H11NO.C7H8O3.C6H14N2O3S.C6H10N2O2.C6H13NO3S.C6H9NO.C6H12O2.C5H10O2.C5H13OP.C5H12O.C5H10O.C4H11O2P.2C4H10O2S.4CH4/c1-7(2,3)6-8-4-5-9-6;1-6(2)12(9,10)5-7-8-3-4-11-7;1-5(2)7-4-6(3)8-9-7;1-3(2)4-5(8)7(10)6(4)9;1-5(2)6(9)7-12(10,11)8(3)4;1-6(2,3)4-7-5(9)10-8-4;1-6(2,3)5(8)7-11(4,9)10;1-5(2)6(8)3-4-7;1-5(2)6(7)4-8-3;1-4(2)5(7)3-6;1-5(2)7(3,4)6;2*1-4(2)5(3)6;3*1-4(2)7(3,5)6;;;;/h4H,5H2,1-3H3;3-4,6H,5H2,1-2H3;4-5H,1-3H3;3,8H,1-2H3;5H,1-4H3,(H,7,9);1-3H3,(H,7,8,9);1-4H3,(H,7,8);5H,3H2,1-2H3;5H,4H2,1-3H3;4,6H,3H2,1-2H3;5H,1-4H3;4-6H,1-3H3;4H,1-3H3;4H,1-3H3,(H,5,6);2*4H,1-3H3;4*1H4. The number of aryl methyl sites for hydroxylation is 1. The number of sulfonamides is 1. The lowest BCUT2D eigenvalue weighted by atomic mass is 9.95. The van der Waals surface area contributed by atoms with E-state index in [0.717, 1.165) is 34.4 Å². The number of aromatic hydroxyl groups is 1. The number of carbonyl (C=O) groups excluding carboxylic acids is 6. The van der Waals surface area contributed by atoms with Crippen molar-refractivity contribution in [2.75, 3.05) is 79.7 Å². The number of methoxy groups -OCH3 is 1. The number of Topliss-reactive ketones (excluding diaryl/α,β-unsaturated/α-hetero) is 4. The number of aromatic nitrogens is 4. The summed E-state index contributed by atoms with van der Waals surface area (Å²) in [5.41, 5.74) is -0.470.